The van der Waals surface area contributed by atoms with Crippen molar-refractivity contribution in [3.63, 3.8) is 0 Å². The SMILES string of the molecule is CCC(F)c1ccc(C)cc1. The molecule has 0 aliphatic rings. The summed E-state index contributed by atoms with van der Waals surface area (Å²) in [6.07, 6.45) is -0.237. The molecule has 0 bridgehead atoms. The molecule has 0 fully saturated rings. The number of alkyl halides is 1. The van der Waals surface area contributed by atoms with E-state index in [2.05, 4.69) is 0 Å². The molecule has 0 saturated carbocycles. The molecule has 0 aliphatic carbocycles. The number of hydrogen-bond acceptors (Lipinski definition) is 0. The molecule has 1 heteroatoms. The van der Waals surface area contributed by atoms with Crippen LogP contribution in [-0.2, 0) is 0 Å². The number of rotatable bonds is 2. The van der Waals surface area contributed by atoms with E-state index in [-0.39, 0.29) is 0 Å². The molecule has 60 valence electrons. The molecule has 0 heterocycles. The van der Waals surface area contributed by atoms with E-state index in [0.717, 1.165) is 5.56 Å². The Morgan fingerprint density at radius 1 is 1.27 bits per heavy atom. The highest BCUT2D eigenvalue weighted by Gasteiger charge is 2.04. The van der Waals surface area contributed by atoms with Gasteiger partial charge in [0.2, 0.25) is 0 Å². The lowest BCUT2D eigenvalue weighted by Crippen LogP contribution is -1.88. The van der Waals surface area contributed by atoms with Crippen molar-refractivity contribution in [2.75, 3.05) is 0 Å². The molecule has 1 rings (SSSR count). The van der Waals surface area contributed by atoms with Crippen LogP contribution in [0.3, 0.4) is 0 Å². The molecule has 1 aromatic carbocycles. The summed E-state index contributed by atoms with van der Waals surface area (Å²) in [6.45, 7) is 3.85. The van der Waals surface area contributed by atoms with Crippen LogP contribution in [0, 0.1) is 6.92 Å². The molecule has 1 atom stereocenters. The van der Waals surface area contributed by atoms with Crippen molar-refractivity contribution in [2.24, 2.45) is 0 Å². The van der Waals surface area contributed by atoms with Gasteiger partial charge in [-0.3, -0.25) is 0 Å². The highest BCUT2D eigenvalue weighted by atomic mass is 19.1. The van der Waals surface area contributed by atoms with E-state index in [1.54, 1.807) is 0 Å². The molecule has 0 amide bonds. The van der Waals surface area contributed by atoms with Crippen LogP contribution in [0.1, 0.15) is 30.6 Å². The predicted octanol–water partition coefficient (Wildman–Crippen LogP) is 3.42. The third kappa shape index (κ3) is 2.04. The molecular weight excluding hydrogens is 139 g/mol. The highest BCUT2D eigenvalue weighted by Crippen LogP contribution is 2.20. The van der Waals surface area contributed by atoms with Gasteiger partial charge in [0.15, 0.2) is 0 Å². The minimum Gasteiger partial charge on any atom is -0.242 e. The van der Waals surface area contributed by atoms with Gasteiger partial charge in [-0.05, 0) is 18.9 Å². The first-order valence-corrected chi connectivity index (χ1v) is 3.94. The van der Waals surface area contributed by atoms with Gasteiger partial charge in [0, 0.05) is 0 Å². The second-order valence-corrected chi connectivity index (χ2v) is 2.79. The Morgan fingerprint density at radius 2 is 1.82 bits per heavy atom. The summed E-state index contributed by atoms with van der Waals surface area (Å²) in [5.74, 6) is 0. The minimum absolute atomic E-state index is 0.559. The molecule has 1 aromatic rings. The number of halogens is 1. The first-order valence-electron chi connectivity index (χ1n) is 3.94. The summed E-state index contributed by atoms with van der Waals surface area (Å²) in [5.41, 5.74) is 1.97. The Balaban J connectivity index is 2.81. The Hall–Kier alpha value is -0.850. The van der Waals surface area contributed by atoms with Gasteiger partial charge in [-0.1, -0.05) is 36.8 Å². The summed E-state index contributed by atoms with van der Waals surface area (Å²) in [6, 6.07) is 7.59. The highest BCUT2D eigenvalue weighted by molar-refractivity contribution is 5.22. The molecule has 0 radical (unpaired) electrons. The summed E-state index contributed by atoms with van der Waals surface area (Å²) in [5, 5.41) is 0. The summed E-state index contributed by atoms with van der Waals surface area (Å²) < 4.78 is 13.0. The fourth-order valence-electron chi connectivity index (χ4n) is 1.01. The van der Waals surface area contributed by atoms with Crippen LogP contribution in [0.25, 0.3) is 0 Å². The molecule has 0 spiro atoms. The molecule has 0 N–H and O–H groups in total. The van der Waals surface area contributed by atoms with Crippen LogP contribution in [0.15, 0.2) is 24.3 Å². The lowest BCUT2D eigenvalue weighted by atomic mass is 10.1. The van der Waals surface area contributed by atoms with Gasteiger partial charge in [0.1, 0.15) is 6.17 Å². The largest absolute Gasteiger partial charge is 0.242 e. The Labute approximate surface area is 67.1 Å². The average Bonchev–Trinajstić information content (AvgIpc) is 2.05. The van der Waals surface area contributed by atoms with Gasteiger partial charge in [0.05, 0.1) is 0 Å². The third-order valence-electron chi connectivity index (χ3n) is 1.80. The Kier molecular flexibility index (Phi) is 2.64. The van der Waals surface area contributed by atoms with Gasteiger partial charge >= 0.3 is 0 Å². The third-order valence-corrected chi connectivity index (χ3v) is 1.80. The van der Waals surface area contributed by atoms with E-state index in [1.165, 1.54) is 5.56 Å². The van der Waals surface area contributed by atoms with Crippen LogP contribution in [0.4, 0.5) is 4.39 Å². The zero-order chi connectivity index (χ0) is 8.27. The van der Waals surface area contributed by atoms with E-state index < -0.39 is 6.17 Å². The maximum atomic E-state index is 13.0. The molecular formula is C10H13F. The topological polar surface area (TPSA) is 0 Å². The average molecular weight is 152 g/mol. The van der Waals surface area contributed by atoms with Crippen molar-refractivity contribution < 1.29 is 4.39 Å². The minimum atomic E-state index is -0.796. The van der Waals surface area contributed by atoms with E-state index in [1.807, 2.05) is 38.1 Å². The molecule has 1 unspecified atom stereocenters. The molecule has 11 heavy (non-hydrogen) atoms. The maximum absolute atomic E-state index is 13.0. The zero-order valence-electron chi connectivity index (χ0n) is 6.97. The van der Waals surface area contributed by atoms with Crippen molar-refractivity contribution >= 4 is 0 Å². The second-order valence-electron chi connectivity index (χ2n) is 2.79. The summed E-state index contributed by atoms with van der Waals surface area (Å²) in [7, 11) is 0. The second kappa shape index (κ2) is 3.51. The van der Waals surface area contributed by atoms with Crippen LogP contribution in [0.5, 0.6) is 0 Å². The molecule has 0 aliphatic heterocycles. The van der Waals surface area contributed by atoms with E-state index in [9.17, 15) is 4.39 Å². The van der Waals surface area contributed by atoms with Gasteiger partial charge in [0.25, 0.3) is 0 Å². The summed E-state index contributed by atoms with van der Waals surface area (Å²) in [4.78, 5) is 0. The van der Waals surface area contributed by atoms with Gasteiger partial charge < -0.3 is 0 Å². The monoisotopic (exact) mass is 152 g/mol. The number of hydrogen-bond donors (Lipinski definition) is 0. The van der Waals surface area contributed by atoms with E-state index in [4.69, 9.17) is 0 Å². The predicted molar refractivity (Wildman–Crippen MR) is 45.3 cm³/mol. The Morgan fingerprint density at radius 3 is 2.27 bits per heavy atom. The standard InChI is InChI=1S/C10H13F/c1-3-10(11)9-6-4-8(2)5-7-9/h4-7,10H,3H2,1-2H3. The first-order chi connectivity index (χ1) is 5.24. The normalized spacial score (nSPS) is 13.0. The maximum Gasteiger partial charge on any atom is 0.125 e. The van der Waals surface area contributed by atoms with Crippen LogP contribution >= 0.6 is 0 Å². The van der Waals surface area contributed by atoms with E-state index in [0.29, 0.717) is 6.42 Å². The van der Waals surface area contributed by atoms with Gasteiger partial charge in [-0.15, -0.1) is 0 Å². The lowest BCUT2D eigenvalue weighted by molar-refractivity contribution is 0.334. The lowest BCUT2D eigenvalue weighted by Gasteiger charge is -2.04. The number of benzene rings is 1. The fraction of sp³-hybridized carbons (Fsp3) is 0.400. The smallest absolute Gasteiger partial charge is 0.125 e. The molecule has 0 nitrogen and oxygen atoms in total. The van der Waals surface area contributed by atoms with Crippen molar-refractivity contribution in [3.8, 4) is 0 Å². The van der Waals surface area contributed by atoms with Gasteiger partial charge in [-0.25, -0.2) is 4.39 Å². The Bertz CT molecular complexity index is 213. The number of aryl methyl sites for hydroxylation is 1. The van der Waals surface area contributed by atoms with E-state index >= 15 is 0 Å². The summed E-state index contributed by atoms with van der Waals surface area (Å²) >= 11 is 0. The van der Waals surface area contributed by atoms with Crippen molar-refractivity contribution in [1.82, 2.24) is 0 Å². The van der Waals surface area contributed by atoms with Crippen LogP contribution in [0.2, 0.25) is 0 Å². The zero-order valence-corrected chi connectivity index (χ0v) is 6.97. The first kappa shape index (κ1) is 8.25. The fourth-order valence-corrected chi connectivity index (χ4v) is 1.01. The van der Waals surface area contributed by atoms with Crippen molar-refractivity contribution in [2.45, 2.75) is 26.4 Å². The van der Waals surface area contributed by atoms with Gasteiger partial charge in [-0.2, -0.15) is 0 Å². The quantitative estimate of drug-likeness (QED) is 0.609. The van der Waals surface area contributed by atoms with Crippen molar-refractivity contribution in [3.05, 3.63) is 35.4 Å². The molecule has 0 saturated heterocycles. The van der Waals surface area contributed by atoms with Crippen LogP contribution < -0.4 is 0 Å². The van der Waals surface area contributed by atoms with Crippen molar-refractivity contribution in [1.29, 1.82) is 0 Å². The molecule has 0 aromatic heterocycles. The van der Waals surface area contributed by atoms with Crippen LogP contribution in [-0.4, -0.2) is 0 Å².